The van der Waals surface area contributed by atoms with Gasteiger partial charge in [-0.25, -0.2) is 4.79 Å². The summed E-state index contributed by atoms with van der Waals surface area (Å²) in [5.74, 6) is 0. The number of amides is 2. The molecule has 0 aliphatic rings. The van der Waals surface area contributed by atoms with E-state index >= 15 is 0 Å². The second-order valence-corrected chi connectivity index (χ2v) is 5.41. The Morgan fingerprint density at radius 2 is 1.81 bits per heavy atom. The fourth-order valence-electron chi connectivity index (χ4n) is 2.08. The van der Waals surface area contributed by atoms with Gasteiger partial charge in [-0.1, -0.05) is 53.6 Å². The van der Waals surface area contributed by atoms with Crippen LogP contribution in [0.25, 0.3) is 0 Å². The van der Waals surface area contributed by atoms with Crippen molar-refractivity contribution in [1.82, 2.24) is 10.6 Å². The zero-order valence-electron chi connectivity index (χ0n) is 12.0. The van der Waals surface area contributed by atoms with Crippen LogP contribution in [0.15, 0.2) is 48.5 Å². The summed E-state index contributed by atoms with van der Waals surface area (Å²) in [6.45, 7) is 3.15. The average Bonchev–Trinajstić information content (AvgIpc) is 2.45. The molecule has 3 nitrogen and oxygen atoms in total. The first-order chi connectivity index (χ1) is 10.1. The highest BCUT2D eigenvalue weighted by Gasteiger charge is 2.01. The van der Waals surface area contributed by atoms with Crippen molar-refractivity contribution in [3.8, 4) is 0 Å². The molecule has 0 bridgehead atoms. The molecule has 0 atom stereocenters. The van der Waals surface area contributed by atoms with Crippen LogP contribution in [0.2, 0.25) is 5.02 Å². The van der Waals surface area contributed by atoms with Crippen molar-refractivity contribution >= 4 is 17.6 Å². The highest BCUT2D eigenvalue weighted by Crippen LogP contribution is 2.10. The minimum absolute atomic E-state index is 0.164. The lowest BCUT2D eigenvalue weighted by atomic mass is 10.1. The van der Waals surface area contributed by atoms with Gasteiger partial charge in [-0.3, -0.25) is 0 Å². The Morgan fingerprint density at radius 1 is 1.05 bits per heavy atom. The summed E-state index contributed by atoms with van der Waals surface area (Å²) in [6.07, 6.45) is 0.826. The first-order valence-corrected chi connectivity index (χ1v) is 7.33. The van der Waals surface area contributed by atoms with Crippen LogP contribution in [0.1, 0.15) is 16.7 Å². The van der Waals surface area contributed by atoms with Gasteiger partial charge in [0.1, 0.15) is 0 Å². The molecule has 110 valence electrons. The number of carbonyl (C=O) groups is 1. The van der Waals surface area contributed by atoms with E-state index in [1.165, 1.54) is 11.1 Å². The van der Waals surface area contributed by atoms with Crippen molar-refractivity contribution in [3.05, 3.63) is 70.2 Å². The Morgan fingerprint density at radius 3 is 2.57 bits per heavy atom. The number of hydrogen-bond donors (Lipinski definition) is 2. The zero-order chi connectivity index (χ0) is 15.1. The van der Waals surface area contributed by atoms with Gasteiger partial charge >= 0.3 is 6.03 Å². The quantitative estimate of drug-likeness (QED) is 0.869. The maximum absolute atomic E-state index is 11.7. The van der Waals surface area contributed by atoms with Crippen molar-refractivity contribution in [2.75, 3.05) is 6.54 Å². The molecule has 0 heterocycles. The predicted octanol–water partition coefficient (Wildman–Crippen LogP) is 3.69. The molecule has 2 N–H and O–H groups in total. The van der Waals surface area contributed by atoms with Crippen LogP contribution in [0.5, 0.6) is 0 Å². The number of rotatable bonds is 5. The summed E-state index contributed by atoms with van der Waals surface area (Å²) < 4.78 is 0. The summed E-state index contributed by atoms with van der Waals surface area (Å²) in [7, 11) is 0. The molecule has 0 aliphatic heterocycles. The van der Waals surface area contributed by atoms with E-state index in [0.29, 0.717) is 18.1 Å². The van der Waals surface area contributed by atoms with Gasteiger partial charge in [0.05, 0.1) is 0 Å². The van der Waals surface area contributed by atoms with E-state index in [1.807, 2.05) is 30.3 Å². The topological polar surface area (TPSA) is 41.1 Å². The van der Waals surface area contributed by atoms with Crippen LogP contribution in [0, 0.1) is 6.92 Å². The normalized spacial score (nSPS) is 10.2. The molecule has 2 aromatic carbocycles. The Hall–Kier alpha value is -2.00. The molecule has 0 fully saturated rings. The van der Waals surface area contributed by atoms with E-state index in [0.717, 1.165) is 12.0 Å². The number of urea groups is 1. The van der Waals surface area contributed by atoms with Gasteiger partial charge in [-0.2, -0.15) is 0 Å². The molecule has 21 heavy (non-hydrogen) atoms. The van der Waals surface area contributed by atoms with Gasteiger partial charge in [0, 0.05) is 18.1 Å². The van der Waals surface area contributed by atoms with Crippen LogP contribution < -0.4 is 10.6 Å². The first kappa shape index (κ1) is 15.4. The van der Waals surface area contributed by atoms with E-state index in [1.54, 1.807) is 0 Å². The molecule has 2 aromatic rings. The summed E-state index contributed by atoms with van der Waals surface area (Å²) >= 11 is 5.90. The highest BCUT2D eigenvalue weighted by atomic mass is 35.5. The van der Waals surface area contributed by atoms with E-state index in [-0.39, 0.29) is 6.03 Å². The number of benzene rings is 2. The van der Waals surface area contributed by atoms with Crippen molar-refractivity contribution in [2.45, 2.75) is 19.9 Å². The zero-order valence-corrected chi connectivity index (χ0v) is 12.8. The van der Waals surface area contributed by atoms with Crippen molar-refractivity contribution in [1.29, 1.82) is 0 Å². The molecule has 4 heteroatoms. The summed E-state index contributed by atoms with van der Waals surface area (Å²) in [5, 5.41) is 6.34. The first-order valence-electron chi connectivity index (χ1n) is 6.95. The Bertz CT molecular complexity index is 613. The minimum Gasteiger partial charge on any atom is -0.338 e. The van der Waals surface area contributed by atoms with E-state index < -0.39 is 0 Å². The fraction of sp³-hybridized carbons (Fsp3) is 0.235. The molecule has 0 aromatic heterocycles. The predicted molar refractivity (Wildman–Crippen MR) is 86.6 cm³/mol. The number of halogens is 1. The van der Waals surface area contributed by atoms with Crippen LogP contribution >= 0.6 is 11.6 Å². The Kier molecular flexibility index (Phi) is 5.64. The largest absolute Gasteiger partial charge is 0.338 e. The summed E-state index contributed by atoms with van der Waals surface area (Å²) in [6, 6.07) is 15.6. The van der Waals surface area contributed by atoms with Gasteiger partial charge < -0.3 is 10.6 Å². The van der Waals surface area contributed by atoms with E-state index in [9.17, 15) is 4.79 Å². The third-order valence-corrected chi connectivity index (χ3v) is 3.36. The van der Waals surface area contributed by atoms with E-state index in [2.05, 4.69) is 35.8 Å². The van der Waals surface area contributed by atoms with Crippen LogP contribution in [0.4, 0.5) is 4.79 Å². The Labute approximate surface area is 130 Å². The number of hydrogen-bond acceptors (Lipinski definition) is 1. The smallest absolute Gasteiger partial charge is 0.315 e. The number of nitrogens with one attached hydrogen (secondary N) is 2. The monoisotopic (exact) mass is 302 g/mol. The second-order valence-electron chi connectivity index (χ2n) is 4.98. The van der Waals surface area contributed by atoms with Gasteiger partial charge in [0.15, 0.2) is 0 Å². The summed E-state index contributed by atoms with van der Waals surface area (Å²) in [4.78, 5) is 11.7. The maximum atomic E-state index is 11.7. The maximum Gasteiger partial charge on any atom is 0.315 e. The number of aryl methyl sites for hydroxylation is 1. The lowest BCUT2D eigenvalue weighted by Gasteiger charge is -2.08. The molecule has 0 radical (unpaired) electrons. The van der Waals surface area contributed by atoms with E-state index in [4.69, 9.17) is 11.6 Å². The lowest BCUT2D eigenvalue weighted by Crippen LogP contribution is -2.36. The van der Waals surface area contributed by atoms with Gasteiger partial charge in [-0.15, -0.1) is 0 Å². The Balaban J connectivity index is 1.70. The SMILES string of the molecule is Cc1cccc(CCNC(=O)NCc2cccc(Cl)c2)c1. The highest BCUT2D eigenvalue weighted by molar-refractivity contribution is 6.30. The van der Waals surface area contributed by atoms with Crippen LogP contribution in [-0.2, 0) is 13.0 Å². The van der Waals surface area contributed by atoms with Crippen molar-refractivity contribution in [3.63, 3.8) is 0 Å². The molecular weight excluding hydrogens is 284 g/mol. The standard InChI is InChI=1S/C17H19ClN2O/c1-13-4-2-5-14(10-13)8-9-19-17(21)20-12-15-6-3-7-16(18)11-15/h2-7,10-11H,8-9,12H2,1H3,(H2,19,20,21). The molecular formula is C17H19ClN2O. The molecule has 0 saturated heterocycles. The van der Waals surface area contributed by atoms with Gasteiger partial charge in [-0.05, 0) is 36.6 Å². The minimum atomic E-state index is -0.164. The van der Waals surface area contributed by atoms with Crippen LogP contribution in [0.3, 0.4) is 0 Å². The third-order valence-electron chi connectivity index (χ3n) is 3.12. The third kappa shape index (κ3) is 5.48. The molecule has 0 unspecified atom stereocenters. The number of carbonyl (C=O) groups excluding carboxylic acids is 1. The molecule has 2 rings (SSSR count). The summed E-state index contributed by atoms with van der Waals surface area (Å²) in [5.41, 5.74) is 3.44. The molecule has 0 aliphatic carbocycles. The van der Waals surface area contributed by atoms with Crippen LogP contribution in [-0.4, -0.2) is 12.6 Å². The van der Waals surface area contributed by atoms with Crippen molar-refractivity contribution < 1.29 is 4.79 Å². The second kappa shape index (κ2) is 7.70. The van der Waals surface area contributed by atoms with Gasteiger partial charge in [0.25, 0.3) is 0 Å². The molecule has 0 saturated carbocycles. The van der Waals surface area contributed by atoms with Gasteiger partial charge in [0.2, 0.25) is 0 Å². The fourth-order valence-corrected chi connectivity index (χ4v) is 2.29. The lowest BCUT2D eigenvalue weighted by molar-refractivity contribution is 0.240. The average molecular weight is 303 g/mol. The van der Waals surface area contributed by atoms with Crippen molar-refractivity contribution in [2.24, 2.45) is 0 Å². The molecule has 0 spiro atoms. The molecule has 2 amide bonds.